The van der Waals surface area contributed by atoms with E-state index in [-0.39, 0.29) is 24.3 Å². The summed E-state index contributed by atoms with van der Waals surface area (Å²) >= 11 is 5.71. The molecule has 1 unspecified atom stereocenters. The van der Waals surface area contributed by atoms with Crippen LogP contribution in [0.15, 0.2) is 6.20 Å². The summed E-state index contributed by atoms with van der Waals surface area (Å²) in [6, 6.07) is 0.167. The lowest BCUT2D eigenvalue weighted by molar-refractivity contribution is -0.122. The van der Waals surface area contributed by atoms with Gasteiger partial charge in [-0.1, -0.05) is 18.5 Å². The zero-order chi connectivity index (χ0) is 11.4. The second kappa shape index (κ2) is 5.02. The molecule has 1 rings (SSSR count). The summed E-state index contributed by atoms with van der Waals surface area (Å²) in [6.07, 6.45) is 2.43. The molecule has 0 bridgehead atoms. The van der Waals surface area contributed by atoms with Crippen LogP contribution in [-0.2, 0) is 11.3 Å². The van der Waals surface area contributed by atoms with Crippen molar-refractivity contribution in [1.29, 1.82) is 0 Å². The van der Waals surface area contributed by atoms with Crippen LogP contribution in [0.1, 0.15) is 20.3 Å². The van der Waals surface area contributed by atoms with E-state index < -0.39 is 0 Å². The van der Waals surface area contributed by atoms with E-state index in [1.54, 1.807) is 0 Å². The predicted molar refractivity (Wildman–Crippen MR) is 59.5 cm³/mol. The van der Waals surface area contributed by atoms with Gasteiger partial charge in [-0.2, -0.15) is 5.10 Å². The highest BCUT2D eigenvalue weighted by Crippen LogP contribution is 2.14. The van der Waals surface area contributed by atoms with Gasteiger partial charge in [0.05, 0.1) is 0 Å². The monoisotopic (exact) mass is 230 g/mol. The fraction of sp³-hybridized carbons (Fsp3) is 0.556. The lowest BCUT2D eigenvalue weighted by Crippen LogP contribution is -2.34. The van der Waals surface area contributed by atoms with Crippen molar-refractivity contribution in [3.8, 4) is 0 Å². The van der Waals surface area contributed by atoms with Gasteiger partial charge in [0, 0.05) is 12.2 Å². The van der Waals surface area contributed by atoms with Crippen molar-refractivity contribution in [1.82, 2.24) is 15.1 Å². The number of nitrogens with two attached hydrogens (primary N) is 1. The number of aromatic nitrogens is 2. The van der Waals surface area contributed by atoms with Crippen LogP contribution in [0.3, 0.4) is 0 Å². The molecule has 0 aliphatic heterocycles. The number of amides is 1. The van der Waals surface area contributed by atoms with Crippen LogP contribution in [0.4, 0.5) is 5.82 Å². The summed E-state index contributed by atoms with van der Waals surface area (Å²) in [5.74, 6) is 0.150. The highest BCUT2D eigenvalue weighted by atomic mass is 35.5. The number of hydrogen-bond acceptors (Lipinski definition) is 3. The zero-order valence-electron chi connectivity index (χ0n) is 8.83. The van der Waals surface area contributed by atoms with Gasteiger partial charge in [0.1, 0.15) is 11.6 Å². The molecule has 1 amide bonds. The Bertz CT molecular complexity index is 330. The number of nitrogens with zero attached hydrogens (tertiary/aromatic N) is 2. The molecule has 1 aromatic rings. The number of hydrogen-bond donors (Lipinski definition) is 2. The molecular formula is C9H15ClN4O. The minimum Gasteiger partial charge on any atom is -0.381 e. The van der Waals surface area contributed by atoms with E-state index in [1.807, 2.05) is 13.8 Å². The molecule has 84 valence electrons. The summed E-state index contributed by atoms with van der Waals surface area (Å²) < 4.78 is 1.43. The fourth-order valence-corrected chi connectivity index (χ4v) is 1.21. The summed E-state index contributed by atoms with van der Waals surface area (Å²) in [5, 5.41) is 7.08. The third-order valence-corrected chi connectivity index (χ3v) is 2.36. The van der Waals surface area contributed by atoms with E-state index in [1.165, 1.54) is 10.9 Å². The average Bonchev–Trinajstić information content (AvgIpc) is 2.45. The molecule has 6 heteroatoms. The third kappa shape index (κ3) is 3.43. The zero-order valence-corrected chi connectivity index (χ0v) is 9.58. The molecule has 5 nitrogen and oxygen atoms in total. The Kier molecular flexibility index (Phi) is 3.96. The quantitative estimate of drug-likeness (QED) is 0.812. The Labute approximate surface area is 93.6 Å². The molecule has 0 aliphatic carbocycles. The second-order valence-electron chi connectivity index (χ2n) is 3.44. The van der Waals surface area contributed by atoms with Gasteiger partial charge in [0.25, 0.3) is 0 Å². The SMILES string of the molecule is CCC(C)NC(=O)Cn1cc(Cl)c(N)n1. The van der Waals surface area contributed by atoms with E-state index >= 15 is 0 Å². The molecule has 1 aromatic heterocycles. The van der Waals surface area contributed by atoms with Crippen molar-refractivity contribution in [2.75, 3.05) is 5.73 Å². The molecular weight excluding hydrogens is 216 g/mol. The lowest BCUT2D eigenvalue weighted by atomic mass is 10.2. The lowest BCUT2D eigenvalue weighted by Gasteiger charge is -2.10. The Balaban J connectivity index is 2.51. The number of nitrogens with one attached hydrogen (secondary N) is 1. The third-order valence-electron chi connectivity index (χ3n) is 2.07. The highest BCUT2D eigenvalue weighted by Gasteiger charge is 2.08. The van der Waals surface area contributed by atoms with Crippen LogP contribution < -0.4 is 11.1 Å². The van der Waals surface area contributed by atoms with Crippen molar-refractivity contribution >= 4 is 23.3 Å². The molecule has 3 N–H and O–H groups in total. The summed E-state index contributed by atoms with van der Waals surface area (Å²) in [7, 11) is 0. The maximum absolute atomic E-state index is 11.4. The number of carbonyl (C=O) groups excluding carboxylic acids is 1. The van der Waals surface area contributed by atoms with Crippen molar-refractivity contribution in [3.05, 3.63) is 11.2 Å². The number of anilines is 1. The molecule has 15 heavy (non-hydrogen) atoms. The second-order valence-corrected chi connectivity index (χ2v) is 3.84. The first-order chi connectivity index (χ1) is 7.02. The first-order valence-corrected chi connectivity index (χ1v) is 5.18. The van der Waals surface area contributed by atoms with E-state index in [4.69, 9.17) is 17.3 Å². The average molecular weight is 231 g/mol. The van der Waals surface area contributed by atoms with Gasteiger partial charge in [-0.15, -0.1) is 0 Å². The smallest absolute Gasteiger partial charge is 0.241 e. The number of halogens is 1. The molecule has 0 saturated carbocycles. The van der Waals surface area contributed by atoms with Crippen LogP contribution >= 0.6 is 11.6 Å². The largest absolute Gasteiger partial charge is 0.381 e. The number of nitrogen functional groups attached to an aromatic ring is 1. The van der Waals surface area contributed by atoms with Crippen molar-refractivity contribution in [3.63, 3.8) is 0 Å². The molecule has 1 atom stereocenters. The maximum Gasteiger partial charge on any atom is 0.241 e. The molecule has 0 fully saturated rings. The summed E-state index contributed by atoms with van der Waals surface area (Å²) in [4.78, 5) is 11.4. The van der Waals surface area contributed by atoms with E-state index in [9.17, 15) is 4.79 Å². The minimum atomic E-state index is -0.0940. The minimum absolute atomic E-state index is 0.0940. The Morgan fingerprint density at radius 1 is 1.80 bits per heavy atom. The van der Waals surface area contributed by atoms with Crippen molar-refractivity contribution in [2.24, 2.45) is 0 Å². The van der Waals surface area contributed by atoms with Gasteiger partial charge < -0.3 is 11.1 Å². The van der Waals surface area contributed by atoms with Crippen LogP contribution in [0.25, 0.3) is 0 Å². The predicted octanol–water partition coefficient (Wildman–Crippen LogP) is 1.03. The molecule has 0 aromatic carbocycles. The van der Waals surface area contributed by atoms with Gasteiger partial charge in [0.15, 0.2) is 5.82 Å². The van der Waals surface area contributed by atoms with Crippen LogP contribution in [0, 0.1) is 0 Å². The Morgan fingerprint density at radius 2 is 2.47 bits per heavy atom. The standard InChI is InChI=1S/C9H15ClN4O/c1-3-6(2)12-8(15)5-14-4-7(10)9(11)13-14/h4,6H,3,5H2,1-2H3,(H2,11,13)(H,12,15). The van der Waals surface area contributed by atoms with E-state index in [0.29, 0.717) is 5.02 Å². The molecule has 0 radical (unpaired) electrons. The van der Waals surface area contributed by atoms with E-state index in [2.05, 4.69) is 10.4 Å². The Hall–Kier alpha value is -1.23. The molecule has 0 aliphatic rings. The van der Waals surface area contributed by atoms with Gasteiger partial charge in [-0.25, -0.2) is 0 Å². The van der Waals surface area contributed by atoms with Crippen LogP contribution in [-0.4, -0.2) is 21.7 Å². The maximum atomic E-state index is 11.4. The normalized spacial score (nSPS) is 12.5. The van der Waals surface area contributed by atoms with Gasteiger partial charge in [-0.05, 0) is 13.3 Å². The number of rotatable bonds is 4. The molecule has 1 heterocycles. The fourth-order valence-electron chi connectivity index (χ4n) is 1.06. The Morgan fingerprint density at radius 3 is 2.93 bits per heavy atom. The first kappa shape index (κ1) is 11.8. The van der Waals surface area contributed by atoms with Crippen molar-refractivity contribution in [2.45, 2.75) is 32.9 Å². The summed E-state index contributed by atoms with van der Waals surface area (Å²) in [6.45, 7) is 4.09. The van der Waals surface area contributed by atoms with E-state index in [0.717, 1.165) is 6.42 Å². The van der Waals surface area contributed by atoms with Gasteiger partial charge in [-0.3, -0.25) is 9.48 Å². The van der Waals surface area contributed by atoms with Crippen LogP contribution in [0.2, 0.25) is 5.02 Å². The highest BCUT2D eigenvalue weighted by molar-refractivity contribution is 6.32. The van der Waals surface area contributed by atoms with Crippen molar-refractivity contribution < 1.29 is 4.79 Å². The van der Waals surface area contributed by atoms with Crippen LogP contribution in [0.5, 0.6) is 0 Å². The topological polar surface area (TPSA) is 72.9 Å². The van der Waals surface area contributed by atoms with Gasteiger partial charge >= 0.3 is 0 Å². The summed E-state index contributed by atoms with van der Waals surface area (Å²) in [5.41, 5.74) is 5.45. The number of carbonyl (C=O) groups is 1. The molecule has 0 saturated heterocycles. The van der Waals surface area contributed by atoms with Gasteiger partial charge in [0.2, 0.25) is 5.91 Å². The first-order valence-electron chi connectivity index (χ1n) is 4.80. The molecule has 0 spiro atoms.